The zero-order chi connectivity index (χ0) is 25.8. The molecule has 2 aromatic heterocycles. The highest BCUT2D eigenvalue weighted by atomic mass is 32.1. The molecule has 186 valence electrons. The number of aromatic nitrogens is 2. The number of aliphatic imine (C=N–C) groups is 2. The van der Waals surface area contributed by atoms with Crippen molar-refractivity contribution < 1.29 is 0 Å². The largest absolute Gasteiger partial charge is 0.337 e. The van der Waals surface area contributed by atoms with Gasteiger partial charge in [0.05, 0.1) is 22.8 Å². The van der Waals surface area contributed by atoms with E-state index in [1.165, 1.54) is 16.0 Å². The van der Waals surface area contributed by atoms with E-state index in [4.69, 9.17) is 15.1 Å². The first-order valence-corrected chi connectivity index (χ1v) is 13.5. The van der Waals surface area contributed by atoms with Gasteiger partial charge < -0.3 is 10.2 Å². The third kappa shape index (κ3) is 3.58. The van der Waals surface area contributed by atoms with Crippen molar-refractivity contribution in [1.29, 1.82) is 0 Å². The van der Waals surface area contributed by atoms with E-state index in [-0.39, 0.29) is 6.04 Å². The van der Waals surface area contributed by atoms with E-state index in [0.29, 0.717) is 0 Å². The molecule has 0 saturated heterocycles. The van der Waals surface area contributed by atoms with Crippen LogP contribution in [0.4, 0.5) is 22.9 Å². The minimum Gasteiger partial charge on any atom is -0.337 e. The van der Waals surface area contributed by atoms with Crippen LogP contribution >= 0.6 is 11.3 Å². The molecule has 2 aliphatic rings. The zero-order valence-corrected chi connectivity index (χ0v) is 22.2. The molecule has 0 fully saturated rings. The number of hydrogen-bond donors (Lipinski definition) is 1. The van der Waals surface area contributed by atoms with Crippen molar-refractivity contribution in [2.45, 2.75) is 26.8 Å². The molecule has 2 aliphatic heterocycles. The highest BCUT2D eigenvalue weighted by Crippen LogP contribution is 2.49. The number of anilines is 2. The van der Waals surface area contributed by atoms with Crippen molar-refractivity contribution in [2.24, 2.45) is 9.98 Å². The van der Waals surface area contributed by atoms with Gasteiger partial charge in [-0.2, -0.15) is 5.10 Å². The van der Waals surface area contributed by atoms with E-state index in [0.717, 1.165) is 51.5 Å². The SMILES string of the molecule is Cc1ccc(NC2=Nc3ccccc3N3C2=Nc2c(c(C)nn2-c2ccccc2)[C@H]3c2cccs2)cc1C. The lowest BCUT2D eigenvalue weighted by Gasteiger charge is -2.40. The standard InChI is InChI=1S/C31H26N6S/c1-19-15-16-22(18-20(19)2)32-29-31-34-30-27(21(3)35-37(30)23-10-5-4-6-11-23)28(26-14-9-17-38-26)36(31)25-13-8-7-12-24(25)33-29/h4-18,28H,1-3H3,(H,32,33)/t28-/m1/s1. The van der Waals surface area contributed by atoms with E-state index in [9.17, 15) is 0 Å². The molecule has 0 bridgehead atoms. The minimum absolute atomic E-state index is 0.0804. The van der Waals surface area contributed by atoms with Crippen molar-refractivity contribution in [3.8, 4) is 5.69 Å². The van der Waals surface area contributed by atoms with Gasteiger partial charge in [-0.1, -0.05) is 42.5 Å². The van der Waals surface area contributed by atoms with Crippen LogP contribution in [0.15, 0.2) is 100 Å². The van der Waals surface area contributed by atoms with Gasteiger partial charge >= 0.3 is 0 Å². The summed E-state index contributed by atoms with van der Waals surface area (Å²) in [7, 11) is 0. The molecule has 0 amide bonds. The quantitative estimate of drug-likeness (QED) is 0.269. The number of nitrogens with one attached hydrogen (secondary N) is 1. The Labute approximate surface area is 225 Å². The second-order valence-corrected chi connectivity index (χ2v) is 10.6. The summed E-state index contributed by atoms with van der Waals surface area (Å²) in [6, 6.07) is 29.1. The van der Waals surface area contributed by atoms with Crippen LogP contribution in [-0.2, 0) is 0 Å². The minimum atomic E-state index is -0.0804. The van der Waals surface area contributed by atoms with Crippen molar-refractivity contribution in [2.75, 3.05) is 10.2 Å². The second kappa shape index (κ2) is 8.82. The van der Waals surface area contributed by atoms with Gasteiger partial charge in [0.2, 0.25) is 0 Å². The number of nitrogens with zero attached hydrogens (tertiary/aromatic N) is 5. The van der Waals surface area contributed by atoms with Gasteiger partial charge in [0.25, 0.3) is 0 Å². The summed E-state index contributed by atoms with van der Waals surface area (Å²) in [6.07, 6.45) is 0. The maximum Gasteiger partial charge on any atom is 0.179 e. The monoisotopic (exact) mass is 514 g/mol. The molecule has 0 spiro atoms. The van der Waals surface area contributed by atoms with Crippen LogP contribution < -0.4 is 10.2 Å². The summed E-state index contributed by atoms with van der Waals surface area (Å²) in [5.41, 5.74) is 8.48. The maximum atomic E-state index is 5.30. The molecule has 0 radical (unpaired) electrons. The molecular formula is C31H26N6S. The van der Waals surface area contributed by atoms with E-state index in [1.54, 1.807) is 11.3 Å². The maximum absolute atomic E-state index is 5.30. The second-order valence-electron chi connectivity index (χ2n) is 9.67. The molecule has 7 rings (SSSR count). The van der Waals surface area contributed by atoms with E-state index >= 15 is 0 Å². The van der Waals surface area contributed by atoms with Crippen molar-refractivity contribution in [3.05, 3.63) is 118 Å². The smallest absolute Gasteiger partial charge is 0.179 e. The Morgan fingerprint density at radius 3 is 2.42 bits per heavy atom. The summed E-state index contributed by atoms with van der Waals surface area (Å²) >= 11 is 1.75. The predicted octanol–water partition coefficient (Wildman–Crippen LogP) is 7.65. The zero-order valence-electron chi connectivity index (χ0n) is 21.4. The molecule has 5 aromatic rings. The highest BCUT2D eigenvalue weighted by molar-refractivity contribution is 7.10. The first kappa shape index (κ1) is 22.7. The fourth-order valence-corrected chi connectivity index (χ4v) is 6.04. The molecule has 0 unspecified atom stereocenters. The Kier molecular flexibility index (Phi) is 5.26. The van der Waals surface area contributed by atoms with E-state index in [1.807, 2.05) is 28.9 Å². The lowest BCUT2D eigenvalue weighted by molar-refractivity contribution is 0.830. The number of thiophene rings is 1. The molecule has 1 N–H and O–H groups in total. The Balaban J connectivity index is 1.48. The first-order chi connectivity index (χ1) is 18.6. The number of fused-ring (bicyclic) bond motifs is 4. The molecule has 0 aliphatic carbocycles. The van der Waals surface area contributed by atoms with Crippen molar-refractivity contribution in [1.82, 2.24) is 9.78 Å². The van der Waals surface area contributed by atoms with Crippen LogP contribution in [0.2, 0.25) is 0 Å². The van der Waals surface area contributed by atoms with Crippen molar-refractivity contribution in [3.63, 3.8) is 0 Å². The van der Waals surface area contributed by atoms with Gasteiger partial charge in [0.1, 0.15) is 6.04 Å². The van der Waals surface area contributed by atoms with Gasteiger partial charge in [-0.15, -0.1) is 11.3 Å². The van der Waals surface area contributed by atoms with Gasteiger partial charge in [-0.25, -0.2) is 14.7 Å². The Morgan fingerprint density at radius 1 is 0.816 bits per heavy atom. The highest BCUT2D eigenvalue weighted by Gasteiger charge is 2.41. The molecule has 1 atom stereocenters. The normalized spacial score (nSPS) is 15.8. The fraction of sp³-hybridized carbons (Fsp3) is 0.129. The number of amidine groups is 2. The summed E-state index contributed by atoms with van der Waals surface area (Å²) in [5, 5.41) is 10.7. The van der Waals surface area contributed by atoms with E-state index in [2.05, 4.69) is 97.0 Å². The van der Waals surface area contributed by atoms with Crippen LogP contribution in [-0.4, -0.2) is 21.5 Å². The van der Waals surface area contributed by atoms with Gasteiger partial charge in [0.15, 0.2) is 17.5 Å². The average Bonchev–Trinajstić information content (AvgIpc) is 3.59. The third-order valence-electron chi connectivity index (χ3n) is 7.22. The number of aryl methyl sites for hydroxylation is 3. The average molecular weight is 515 g/mol. The Morgan fingerprint density at radius 2 is 1.63 bits per heavy atom. The van der Waals surface area contributed by atoms with Gasteiger partial charge in [0, 0.05) is 16.1 Å². The van der Waals surface area contributed by atoms with Gasteiger partial charge in [-0.3, -0.25) is 0 Å². The van der Waals surface area contributed by atoms with Crippen LogP contribution in [0.1, 0.15) is 33.3 Å². The van der Waals surface area contributed by atoms with Crippen LogP contribution in [0.3, 0.4) is 0 Å². The number of rotatable bonds is 3. The molecular weight excluding hydrogens is 488 g/mol. The molecule has 0 saturated carbocycles. The molecule has 3 aromatic carbocycles. The van der Waals surface area contributed by atoms with Crippen LogP contribution in [0.5, 0.6) is 0 Å². The molecule has 6 nitrogen and oxygen atoms in total. The third-order valence-corrected chi connectivity index (χ3v) is 8.15. The molecule has 7 heteroatoms. The van der Waals surface area contributed by atoms with Crippen LogP contribution in [0, 0.1) is 20.8 Å². The van der Waals surface area contributed by atoms with Gasteiger partial charge in [-0.05, 0) is 79.7 Å². The number of benzene rings is 3. The first-order valence-electron chi connectivity index (χ1n) is 12.7. The summed E-state index contributed by atoms with van der Waals surface area (Å²) in [6.45, 7) is 6.33. The van der Waals surface area contributed by atoms with Crippen LogP contribution in [0.25, 0.3) is 5.69 Å². The summed E-state index contributed by atoms with van der Waals surface area (Å²) in [4.78, 5) is 13.9. The topological polar surface area (TPSA) is 57.8 Å². The Hall–Kier alpha value is -4.49. The lowest BCUT2D eigenvalue weighted by atomic mass is 9.98. The number of hydrogen-bond acceptors (Lipinski definition) is 6. The fourth-order valence-electron chi connectivity index (χ4n) is 5.22. The summed E-state index contributed by atoms with van der Waals surface area (Å²) in [5.74, 6) is 2.34. The summed E-state index contributed by atoms with van der Waals surface area (Å²) < 4.78 is 1.96. The number of para-hydroxylation sites is 3. The predicted molar refractivity (Wildman–Crippen MR) is 157 cm³/mol. The molecule has 4 heterocycles. The van der Waals surface area contributed by atoms with E-state index < -0.39 is 0 Å². The lowest BCUT2D eigenvalue weighted by Crippen LogP contribution is -2.46. The van der Waals surface area contributed by atoms with Crippen molar-refractivity contribution >= 4 is 45.9 Å². The molecule has 38 heavy (non-hydrogen) atoms. The Bertz CT molecular complexity index is 1730.